The molecule has 1 rings (SSSR count). The van der Waals surface area contributed by atoms with Gasteiger partial charge in [-0.25, -0.2) is 10.6 Å². The van der Waals surface area contributed by atoms with E-state index in [9.17, 15) is 9.59 Å². The van der Waals surface area contributed by atoms with Gasteiger partial charge in [0.1, 0.15) is 11.6 Å². The third-order valence-corrected chi connectivity index (χ3v) is 2.71. The van der Waals surface area contributed by atoms with E-state index in [1.807, 2.05) is 30.3 Å². The molecule has 0 radical (unpaired) electrons. The van der Waals surface area contributed by atoms with E-state index in [0.717, 1.165) is 5.56 Å². The summed E-state index contributed by atoms with van der Waals surface area (Å²) in [5.41, 5.74) is 2.52. The van der Waals surface area contributed by atoms with Crippen molar-refractivity contribution in [3.05, 3.63) is 35.9 Å². The average molecular weight is 293 g/mol. The molecule has 0 bridgehead atoms. The average Bonchev–Trinajstić information content (AvgIpc) is 2.41. The molecule has 4 N–H and O–H groups in total. The Hall–Kier alpha value is -2.08. The van der Waals surface area contributed by atoms with Gasteiger partial charge in [0.05, 0.1) is 0 Å². The molecule has 2 amide bonds. The van der Waals surface area contributed by atoms with E-state index in [2.05, 4.69) is 10.7 Å². The van der Waals surface area contributed by atoms with Gasteiger partial charge in [-0.15, -0.1) is 0 Å². The van der Waals surface area contributed by atoms with E-state index in [4.69, 9.17) is 10.6 Å². The molecule has 0 fully saturated rings. The minimum Gasteiger partial charge on any atom is -0.444 e. The Bertz CT molecular complexity index is 469. The zero-order valence-corrected chi connectivity index (χ0v) is 12.7. The first-order chi connectivity index (χ1) is 9.81. The number of aryl methyl sites for hydroxylation is 1. The molecule has 6 heteroatoms. The third kappa shape index (κ3) is 6.76. The highest BCUT2D eigenvalue weighted by atomic mass is 16.6. The first-order valence-electron chi connectivity index (χ1n) is 6.86. The van der Waals surface area contributed by atoms with Crippen molar-refractivity contribution < 1.29 is 14.3 Å². The molecule has 1 aromatic carbocycles. The fraction of sp³-hybridized carbons (Fsp3) is 0.467. The van der Waals surface area contributed by atoms with Gasteiger partial charge in [0.25, 0.3) is 5.91 Å². The van der Waals surface area contributed by atoms with Gasteiger partial charge < -0.3 is 10.1 Å². The number of hydrogen-bond acceptors (Lipinski definition) is 4. The Labute approximate surface area is 125 Å². The summed E-state index contributed by atoms with van der Waals surface area (Å²) in [6.07, 6.45) is 0.449. The summed E-state index contributed by atoms with van der Waals surface area (Å²) in [4.78, 5) is 23.5. The van der Waals surface area contributed by atoms with Crippen molar-refractivity contribution in [1.29, 1.82) is 0 Å². The molecule has 0 aliphatic rings. The lowest BCUT2D eigenvalue weighted by Gasteiger charge is -2.23. The van der Waals surface area contributed by atoms with Crippen LogP contribution in [0.15, 0.2) is 30.3 Å². The number of carbonyl (C=O) groups is 2. The monoisotopic (exact) mass is 293 g/mol. The molecule has 1 atom stereocenters. The van der Waals surface area contributed by atoms with Crippen molar-refractivity contribution in [2.75, 3.05) is 0 Å². The lowest BCUT2D eigenvalue weighted by atomic mass is 10.0. The number of benzene rings is 1. The van der Waals surface area contributed by atoms with Crippen LogP contribution < -0.4 is 16.6 Å². The molecule has 21 heavy (non-hydrogen) atoms. The van der Waals surface area contributed by atoms with Crippen LogP contribution in [0.1, 0.15) is 32.8 Å². The fourth-order valence-electron chi connectivity index (χ4n) is 1.77. The summed E-state index contributed by atoms with van der Waals surface area (Å²) in [7, 11) is 0. The van der Waals surface area contributed by atoms with Gasteiger partial charge in [0.15, 0.2) is 0 Å². The van der Waals surface area contributed by atoms with Crippen LogP contribution in [-0.4, -0.2) is 23.6 Å². The van der Waals surface area contributed by atoms with Crippen molar-refractivity contribution in [2.45, 2.75) is 45.3 Å². The Morgan fingerprint density at radius 2 is 1.86 bits per heavy atom. The molecule has 0 saturated heterocycles. The largest absolute Gasteiger partial charge is 0.444 e. The molecular formula is C15H23N3O3. The van der Waals surface area contributed by atoms with Gasteiger partial charge in [-0.3, -0.25) is 10.2 Å². The minimum atomic E-state index is -0.731. The number of nitrogens with two attached hydrogens (primary N) is 1. The zero-order chi connectivity index (χ0) is 15.9. The SMILES string of the molecule is CC(C)(C)OC(=O)NC(CCc1ccccc1)C(=O)NN. The quantitative estimate of drug-likeness (QED) is 0.436. The maximum Gasteiger partial charge on any atom is 0.408 e. The second-order valence-corrected chi connectivity index (χ2v) is 5.73. The van der Waals surface area contributed by atoms with Crippen LogP contribution in [0, 0.1) is 0 Å². The Morgan fingerprint density at radius 3 is 2.38 bits per heavy atom. The van der Waals surface area contributed by atoms with Crippen molar-refractivity contribution in [3.8, 4) is 0 Å². The number of amides is 2. The molecule has 116 valence electrons. The topological polar surface area (TPSA) is 93.4 Å². The molecule has 0 aliphatic carbocycles. The summed E-state index contributed by atoms with van der Waals surface area (Å²) in [6.45, 7) is 5.28. The smallest absolute Gasteiger partial charge is 0.408 e. The van der Waals surface area contributed by atoms with Gasteiger partial charge in [0.2, 0.25) is 0 Å². The number of carbonyl (C=O) groups excluding carboxylic acids is 2. The Kier molecular flexibility index (Phi) is 6.17. The molecule has 0 spiro atoms. The maximum atomic E-state index is 11.7. The lowest BCUT2D eigenvalue weighted by Crippen LogP contribution is -2.50. The van der Waals surface area contributed by atoms with Crippen LogP contribution in [0.5, 0.6) is 0 Å². The van der Waals surface area contributed by atoms with Crippen LogP contribution in [0.3, 0.4) is 0 Å². The van der Waals surface area contributed by atoms with E-state index >= 15 is 0 Å². The number of rotatable bonds is 5. The predicted molar refractivity (Wildman–Crippen MR) is 80.3 cm³/mol. The number of ether oxygens (including phenoxy) is 1. The predicted octanol–water partition coefficient (Wildman–Crippen LogP) is 1.50. The first kappa shape index (κ1) is 17.0. The first-order valence-corrected chi connectivity index (χ1v) is 6.86. The second kappa shape index (κ2) is 7.64. The molecule has 0 heterocycles. The molecule has 0 aliphatic heterocycles. The molecule has 1 unspecified atom stereocenters. The Balaban J connectivity index is 2.60. The van der Waals surface area contributed by atoms with E-state index in [-0.39, 0.29) is 0 Å². The van der Waals surface area contributed by atoms with Crippen molar-refractivity contribution in [2.24, 2.45) is 5.84 Å². The molecular weight excluding hydrogens is 270 g/mol. The van der Waals surface area contributed by atoms with E-state index in [1.165, 1.54) is 0 Å². The Morgan fingerprint density at radius 1 is 1.24 bits per heavy atom. The minimum absolute atomic E-state index is 0.437. The molecule has 6 nitrogen and oxygen atoms in total. The van der Waals surface area contributed by atoms with Gasteiger partial charge in [-0.2, -0.15) is 0 Å². The van der Waals surface area contributed by atoms with Gasteiger partial charge in [-0.1, -0.05) is 30.3 Å². The summed E-state index contributed by atoms with van der Waals surface area (Å²) >= 11 is 0. The van der Waals surface area contributed by atoms with E-state index in [1.54, 1.807) is 20.8 Å². The molecule has 0 saturated carbocycles. The zero-order valence-electron chi connectivity index (χ0n) is 12.7. The highest BCUT2D eigenvalue weighted by Crippen LogP contribution is 2.09. The van der Waals surface area contributed by atoms with Crippen LogP contribution in [0.25, 0.3) is 0 Å². The third-order valence-electron chi connectivity index (χ3n) is 2.71. The molecule has 1 aromatic rings. The van der Waals surface area contributed by atoms with Crippen molar-refractivity contribution in [1.82, 2.24) is 10.7 Å². The molecule has 0 aromatic heterocycles. The van der Waals surface area contributed by atoms with E-state index in [0.29, 0.717) is 12.8 Å². The summed E-state index contributed by atoms with van der Waals surface area (Å²) < 4.78 is 5.14. The van der Waals surface area contributed by atoms with Gasteiger partial charge in [-0.05, 0) is 39.2 Å². The fourth-order valence-corrected chi connectivity index (χ4v) is 1.77. The lowest BCUT2D eigenvalue weighted by molar-refractivity contribution is -0.123. The highest BCUT2D eigenvalue weighted by Gasteiger charge is 2.23. The van der Waals surface area contributed by atoms with Gasteiger partial charge in [0, 0.05) is 0 Å². The number of alkyl carbamates (subject to hydrolysis) is 1. The van der Waals surface area contributed by atoms with Crippen LogP contribution in [0.4, 0.5) is 4.79 Å². The summed E-state index contributed by atoms with van der Waals surface area (Å²) in [5.74, 6) is 4.71. The standard InChI is InChI=1S/C15H23N3O3/c1-15(2,3)21-14(20)17-12(13(19)18-16)10-9-11-7-5-4-6-8-11/h4-8,12H,9-10,16H2,1-3H3,(H,17,20)(H,18,19). The van der Waals surface area contributed by atoms with Crippen molar-refractivity contribution in [3.63, 3.8) is 0 Å². The number of hydrogen-bond donors (Lipinski definition) is 3. The van der Waals surface area contributed by atoms with Crippen LogP contribution >= 0.6 is 0 Å². The van der Waals surface area contributed by atoms with E-state index < -0.39 is 23.6 Å². The number of hydrazine groups is 1. The highest BCUT2D eigenvalue weighted by molar-refractivity contribution is 5.85. The normalized spacial score (nSPS) is 12.4. The van der Waals surface area contributed by atoms with Crippen LogP contribution in [0.2, 0.25) is 0 Å². The summed E-state index contributed by atoms with van der Waals surface area (Å²) in [6, 6.07) is 8.97. The van der Waals surface area contributed by atoms with Gasteiger partial charge >= 0.3 is 6.09 Å². The van der Waals surface area contributed by atoms with Crippen LogP contribution in [-0.2, 0) is 16.0 Å². The van der Waals surface area contributed by atoms with Crippen molar-refractivity contribution >= 4 is 12.0 Å². The summed E-state index contributed by atoms with van der Waals surface area (Å²) in [5, 5.41) is 2.54. The number of nitrogens with one attached hydrogen (secondary N) is 2. The second-order valence-electron chi connectivity index (χ2n) is 5.73. The maximum absolute atomic E-state index is 11.7.